The van der Waals surface area contributed by atoms with E-state index in [0.717, 1.165) is 77.0 Å². The molecule has 0 fully saturated rings. The van der Waals surface area contributed by atoms with E-state index in [0.29, 0.717) is 12.8 Å². The van der Waals surface area contributed by atoms with Crippen LogP contribution in [0, 0.1) is 0 Å². The normalized spacial score (nSPS) is 12.7. The topological polar surface area (TPSA) is 72.8 Å². The van der Waals surface area contributed by atoms with E-state index < -0.39 is 6.10 Å². The molecule has 5 nitrogen and oxygen atoms in total. The van der Waals surface area contributed by atoms with E-state index in [4.69, 9.17) is 9.47 Å². The third-order valence-electron chi connectivity index (χ3n) is 9.83. The number of allylic oxidation sites excluding steroid dienone is 10. The lowest BCUT2D eigenvalue weighted by Gasteiger charge is -2.15. The maximum atomic E-state index is 12.2. The summed E-state index contributed by atoms with van der Waals surface area (Å²) in [4.78, 5) is 24.4. The highest BCUT2D eigenvalue weighted by molar-refractivity contribution is 5.70. The zero-order valence-electron chi connectivity index (χ0n) is 35.5. The molecule has 1 N–H and O–H groups in total. The van der Waals surface area contributed by atoms with Gasteiger partial charge in [0.2, 0.25) is 0 Å². The highest BCUT2D eigenvalue weighted by Gasteiger charge is 2.16. The van der Waals surface area contributed by atoms with Gasteiger partial charge in [0, 0.05) is 12.8 Å². The second-order valence-corrected chi connectivity index (χ2v) is 15.1. The van der Waals surface area contributed by atoms with Crippen LogP contribution in [-0.4, -0.2) is 36.4 Å². The molecule has 54 heavy (non-hydrogen) atoms. The van der Waals surface area contributed by atoms with Crippen molar-refractivity contribution in [2.75, 3.05) is 13.2 Å². The summed E-state index contributed by atoms with van der Waals surface area (Å²) in [6.45, 7) is 4.01. The van der Waals surface area contributed by atoms with E-state index >= 15 is 0 Å². The van der Waals surface area contributed by atoms with Gasteiger partial charge in [-0.25, -0.2) is 0 Å². The minimum atomic E-state index is -0.789. The number of carbonyl (C=O) groups is 2. The summed E-state index contributed by atoms with van der Waals surface area (Å²) in [6.07, 6.45) is 58.7. The van der Waals surface area contributed by atoms with Crippen LogP contribution in [-0.2, 0) is 19.1 Å². The monoisotopic (exact) mass is 755 g/mol. The van der Waals surface area contributed by atoms with Crippen molar-refractivity contribution in [3.8, 4) is 0 Å². The Balaban J connectivity index is 3.56. The standard InChI is InChI=1S/C49H86O5/c1-3-5-7-9-11-13-15-17-19-21-23-24-26-27-29-31-33-35-37-39-41-43-48(51)53-46-47(45-50)54-49(52)44-42-40-38-36-34-32-30-28-25-22-20-18-16-14-12-10-8-6-4-2/h6,8,12,14,18,20,25,28,32,34,47,50H,3-5,7,9-11,13,15-17,19,21-24,26-27,29-31,33,35-46H2,1-2H3/b8-6+,14-12+,20-18+,28-25+,34-32+/t47-/m0/s1. The molecule has 0 aliphatic heterocycles. The van der Waals surface area contributed by atoms with Gasteiger partial charge in [0.05, 0.1) is 6.61 Å². The lowest BCUT2D eigenvalue weighted by molar-refractivity contribution is -0.161. The van der Waals surface area contributed by atoms with Gasteiger partial charge in [0.1, 0.15) is 6.61 Å². The van der Waals surface area contributed by atoms with Gasteiger partial charge in [-0.15, -0.1) is 0 Å². The molecular formula is C49H86O5. The van der Waals surface area contributed by atoms with Crippen molar-refractivity contribution >= 4 is 11.9 Å². The molecule has 0 aliphatic carbocycles. The number of aliphatic hydroxyl groups is 1. The van der Waals surface area contributed by atoms with Gasteiger partial charge in [-0.2, -0.15) is 0 Å². The smallest absolute Gasteiger partial charge is 0.306 e. The van der Waals surface area contributed by atoms with Crippen molar-refractivity contribution in [3.63, 3.8) is 0 Å². The van der Waals surface area contributed by atoms with E-state index in [1.54, 1.807) is 0 Å². The number of unbranched alkanes of at least 4 members (excludes halogenated alkanes) is 23. The zero-order chi connectivity index (χ0) is 39.3. The van der Waals surface area contributed by atoms with Crippen molar-refractivity contribution in [2.24, 2.45) is 0 Å². The highest BCUT2D eigenvalue weighted by atomic mass is 16.6. The van der Waals surface area contributed by atoms with Crippen LogP contribution in [0.2, 0.25) is 0 Å². The van der Waals surface area contributed by atoms with E-state index in [9.17, 15) is 14.7 Å². The maximum Gasteiger partial charge on any atom is 0.306 e. The summed E-state index contributed by atoms with van der Waals surface area (Å²) in [5.41, 5.74) is 0. The predicted octanol–water partition coefficient (Wildman–Crippen LogP) is 14.7. The Kier molecular flexibility index (Phi) is 43.0. The molecule has 1 atom stereocenters. The van der Waals surface area contributed by atoms with Gasteiger partial charge in [-0.05, 0) is 57.8 Å². The fraction of sp³-hybridized carbons (Fsp3) is 0.755. The fourth-order valence-electron chi connectivity index (χ4n) is 6.41. The zero-order valence-corrected chi connectivity index (χ0v) is 35.5. The number of esters is 2. The van der Waals surface area contributed by atoms with Crippen LogP contribution in [0.5, 0.6) is 0 Å². The van der Waals surface area contributed by atoms with Crippen LogP contribution >= 0.6 is 0 Å². The first-order valence-corrected chi connectivity index (χ1v) is 22.8. The summed E-state index contributed by atoms with van der Waals surface area (Å²) >= 11 is 0. The molecule has 312 valence electrons. The number of aliphatic hydroxyl groups excluding tert-OH is 1. The minimum absolute atomic E-state index is 0.0790. The molecule has 0 rings (SSSR count). The molecule has 0 radical (unpaired) electrons. The SMILES string of the molecule is CC/C=C/C/C=C/C/C=C/C/C=C/C/C=C/CCCCCC(=O)O[C@@H](CO)COC(=O)CCCCCCCCCCCCCCCCCCCCCCC. The minimum Gasteiger partial charge on any atom is -0.462 e. The highest BCUT2D eigenvalue weighted by Crippen LogP contribution is 2.16. The number of carbonyl (C=O) groups excluding carboxylic acids is 2. The van der Waals surface area contributed by atoms with Crippen LogP contribution < -0.4 is 0 Å². The van der Waals surface area contributed by atoms with Gasteiger partial charge in [-0.1, -0.05) is 209 Å². The molecule has 0 aliphatic rings. The third kappa shape index (κ3) is 42.3. The number of rotatable bonds is 41. The van der Waals surface area contributed by atoms with Gasteiger partial charge in [-0.3, -0.25) is 9.59 Å². The summed E-state index contributed by atoms with van der Waals surface area (Å²) < 4.78 is 10.6. The van der Waals surface area contributed by atoms with Gasteiger partial charge >= 0.3 is 11.9 Å². The average molecular weight is 755 g/mol. The molecular weight excluding hydrogens is 669 g/mol. The predicted molar refractivity (Wildman–Crippen MR) is 233 cm³/mol. The van der Waals surface area contributed by atoms with Gasteiger partial charge in [0.25, 0.3) is 0 Å². The Morgan fingerprint density at radius 1 is 0.444 bits per heavy atom. The number of hydrogen-bond acceptors (Lipinski definition) is 5. The summed E-state index contributed by atoms with van der Waals surface area (Å²) in [5, 5.41) is 9.59. The van der Waals surface area contributed by atoms with Gasteiger partial charge in [0.15, 0.2) is 6.10 Å². The van der Waals surface area contributed by atoms with Crippen molar-refractivity contribution in [3.05, 3.63) is 60.8 Å². The number of hydrogen-bond donors (Lipinski definition) is 1. The average Bonchev–Trinajstić information content (AvgIpc) is 3.17. The summed E-state index contributed by atoms with van der Waals surface area (Å²) in [6, 6.07) is 0. The quantitative estimate of drug-likeness (QED) is 0.0382. The Morgan fingerprint density at radius 2 is 0.796 bits per heavy atom. The van der Waals surface area contributed by atoms with E-state index in [-0.39, 0.29) is 25.2 Å². The van der Waals surface area contributed by atoms with E-state index in [1.165, 1.54) is 116 Å². The largest absolute Gasteiger partial charge is 0.462 e. The van der Waals surface area contributed by atoms with Crippen LogP contribution in [0.4, 0.5) is 0 Å². The first kappa shape index (κ1) is 51.6. The summed E-state index contributed by atoms with van der Waals surface area (Å²) in [7, 11) is 0. The van der Waals surface area contributed by atoms with Crippen molar-refractivity contribution in [2.45, 2.75) is 225 Å². The first-order chi connectivity index (χ1) is 26.6. The molecule has 0 unspecified atom stereocenters. The molecule has 0 heterocycles. The van der Waals surface area contributed by atoms with E-state index in [2.05, 4.69) is 74.6 Å². The van der Waals surface area contributed by atoms with Gasteiger partial charge < -0.3 is 14.6 Å². The van der Waals surface area contributed by atoms with E-state index in [1.807, 2.05) is 0 Å². The lowest BCUT2D eigenvalue weighted by atomic mass is 10.0. The Morgan fingerprint density at radius 3 is 1.20 bits per heavy atom. The van der Waals surface area contributed by atoms with Crippen LogP contribution in [0.25, 0.3) is 0 Å². The molecule has 0 aromatic rings. The molecule has 0 aromatic carbocycles. The van der Waals surface area contributed by atoms with Crippen molar-refractivity contribution < 1.29 is 24.2 Å². The molecule has 5 heteroatoms. The second kappa shape index (κ2) is 45.0. The maximum absolute atomic E-state index is 12.2. The Bertz CT molecular complexity index is 946. The molecule has 0 saturated carbocycles. The molecule has 0 spiro atoms. The molecule has 0 amide bonds. The van der Waals surface area contributed by atoms with Crippen LogP contribution in [0.15, 0.2) is 60.8 Å². The number of ether oxygens (including phenoxy) is 2. The first-order valence-electron chi connectivity index (χ1n) is 22.8. The van der Waals surface area contributed by atoms with Crippen molar-refractivity contribution in [1.29, 1.82) is 0 Å². The third-order valence-corrected chi connectivity index (χ3v) is 9.83. The molecule has 0 bridgehead atoms. The second-order valence-electron chi connectivity index (χ2n) is 15.1. The Hall–Kier alpha value is -2.40. The summed E-state index contributed by atoms with van der Waals surface area (Å²) in [5.74, 6) is -0.623. The Labute approximate surface area is 334 Å². The van der Waals surface area contributed by atoms with Crippen LogP contribution in [0.1, 0.15) is 219 Å². The fourth-order valence-corrected chi connectivity index (χ4v) is 6.41. The van der Waals surface area contributed by atoms with Crippen LogP contribution in [0.3, 0.4) is 0 Å². The lowest BCUT2D eigenvalue weighted by Crippen LogP contribution is -2.28. The molecule has 0 saturated heterocycles. The van der Waals surface area contributed by atoms with Crippen molar-refractivity contribution in [1.82, 2.24) is 0 Å². The molecule has 0 aromatic heterocycles.